The molecule has 0 atom stereocenters. The number of amides is 6. The van der Waals surface area contributed by atoms with E-state index in [1.807, 2.05) is 221 Å². The maximum Gasteiger partial charge on any atom is 0.410 e. The highest BCUT2D eigenvalue weighted by Crippen LogP contribution is 2.29. The molecule has 114 heavy (non-hydrogen) atoms. The number of imidazole rings is 1. The molecule has 0 bridgehead atoms. The molecule has 0 aliphatic carbocycles. The second kappa shape index (κ2) is 47.9. The second-order valence-electron chi connectivity index (χ2n) is 30.9. The fraction of sp³-hybridized carbons (Fsp3) is 0.466. The molecule has 3 saturated heterocycles. The minimum Gasteiger partial charge on any atom is -0.493 e. The number of nitrogens with zero attached hydrogens (tertiary/aromatic N) is 11. The number of piperazine rings is 3. The van der Waals surface area contributed by atoms with Crippen molar-refractivity contribution in [3.8, 4) is 17.1 Å². The number of benzene rings is 5. The summed E-state index contributed by atoms with van der Waals surface area (Å²) in [5.41, 5.74) is 5.91. The highest BCUT2D eigenvalue weighted by molar-refractivity contribution is 5.95. The van der Waals surface area contributed by atoms with Crippen molar-refractivity contribution >= 4 is 47.9 Å². The first-order valence-corrected chi connectivity index (χ1v) is 39.4. The second-order valence-corrected chi connectivity index (χ2v) is 30.9. The zero-order chi connectivity index (χ0) is 83.1. The summed E-state index contributed by atoms with van der Waals surface area (Å²) in [6, 6.07) is 52.3. The average Bonchev–Trinajstić information content (AvgIpc) is 1.60. The molecular formula is C88H123N13O13. The molecule has 26 heteroatoms. The lowest BCUT2D eigenvalue weighted by atomic mass is 10.1. The molecule has 0 saturated carbocycles. The van der Waals surface area contributed by atoms with E-state index in [9.17, 15) is 38.7 Å². The Balaban J connectivity index is 0.000000220. The predicted molar refractivity (Wildman–Crippen MR) is 446 cm³/mol. The van der Waals surface area contributed by atoms with Crippen LogP contribution in [-0.4, -0.2) is 275 Å². The fourth-order valence-corrected chi connectivity index (χ4v) is 11.9. The lowest BCUT2D eigenvalue weighted by Gasteiger charge is -2.35. The van der Waals surface area contributed by atoms with Gasteiger partial charge in [-0.3, -0.25) is 28.6 Å². The van der Waals surface area contributed by atoms with Gasteiger partial charge in [0.2, 0.25) is 5.88 Å². The number of aromatic nitrogens is 3. The summed E-state index contributed by atoms with van der Waals surface area (Å²) in [4.78, 5) is 106. The zero-order valence-corrected chi connectivity index (χ0v) is 69.3. The monoisotopic (exact) mass is 1570 g/mol. The number of ether oxygens (including phenoxy) is 3. The van der Waals surface area contributed by atoms with E-state index in [-0.39, 0.29) is 42.4 Å². The summed E-state index contributed by atoms with van der Waals surface area (Å²) in [6.07, 6.45) is 7.25. The molecule has 3 fully saturated rings. The first-order chi connectivity index (χ1) is 54.5. The fourth-order valence-electron chi connectivity index (χ4n) is 11.9. The number of furan rings is 1. The summed E-state index contributed by atoms with van der Waals surface area (Å²) >= 11 is 0. The molecule has 0 spiro atoms. The number of carbonyl (C=O) groups excluding carboxylic acids is 7. The van der Waals surface area contributed by atoms with Crippen molar-refractivity contribution in [2.45, 2.75) is 118 Å². The van der Waals surface area contributed by atoms with E-state index in [0.29, 0.717) is 56.7 Å². The van der Waals surface area contributed by atoms with Gasteiger partial charge >= 0.3 is 18.3 Å². The van der Waals surface area contributed by atoms with Crippen molar-refractivity contribution in [2.75, 3.05) is 153 Å². The summed E-state index contributed by atoms with van der Waals surface area (Å²) in [6.45, 7) is 31.6. The van der Waals surface area contributed by atoms with Gasteiger partial charge < -0.3 is 73.7 Å². The standard InChI is InChI=1S/C24H19N3O2.C20H31N3O3.C15H23N3O.C11H14N2O.C9H19NO3.C9H17NO3/c28-24-21(15-19-12-7-13-29-19)26-23-20(14-17-8-3-1-4-9-17)25-22(16-27(23)24)18-10-5-2-6-11-18;1-20(2,3)26-19(25)21(4)11-8-12-22-13-15-23(16-14-22)18(24)17-9-6-5-7-10-17;1-16-8-5-9-17-10-12-18(13-11-17)15(19)14-6-3-2-4-7-14;14-11(10-4-2-1-3-5-10)13-8-6-12-7-9-13;2*1-9(2,3)13-8(12)10(4)6-5-7-11/h1-13,16,28H,14-15H2;5-7,9-10H,8,11-16H2,1-4H3;2-4,6-7,16H,5,8-13H2,1H3;1-5,12H,6-9H2;11H,5-7H2,1-4H3;7H,5-6H2,1-4H3. The average molecular weight is 1570 g/mol. The maximum absolute atomic E-state index is 12.4. The van der Waals surface area contributed by atoms with Crippen molar-refractivity contribution in [1.29, 1.82) is 0 Å². The Morgan fingerprint density at radius 1 is 0.509 bits per heavy atom. The molecule has 3 aromatic heterocycles. The number of rotatable bonds is 22. The van der Waals surface area contributed by atoms with Crippen LogP contribution in [0.15, 0.2) is 181 Å². The number of aliphatic hydroxyl groups excluding tert-OH is 1. The maximum atomic E-state index is 12.4. The Bertz CT molecular complexity index is 4120. The quantitative estimate of drug-likeness (QED) is 0.0279. The summed E-state index contributed by atoms with van der Waals surface area (Å²) in [5.74, 6) is 1.28. The van der Waals surface area contributed by atoms with Gasteiger partial charge in [0.15, 0.2) is 5.65 Å². The number of fused-ring (bicyclic) bond motifs is 1. The largest absolute Gasteiger partial charge is 0.493 e. The van der Waals surface area contributed by atoms with E-state index >= 15 is 0 Å². The Kier molecular flexibility index (Phi) is 38.8. The Morgan fingerprint density at radius 3 is 1.33 bits per heavy atom. The van der Waals surface area contributed by atoms with E-state index in [2.05, 4.69) is 32.6 Å². The van der Waals surface area contributed by atoms with Gasteiger partial charge in [-0.25, -0.2) is 24.4 Å². The molecule has 0 radical (unpaired) electrons. The minimum absolute atomic E-state index is 0.0904. The van der Waals surface area contributed by atoms with Gasteiger partial charge in [-0.2, -0.15) is 0 Å². The number of hydrogen-bond acceptors (Lipinski definition) is 19. The molecule has 8 aromatic rings. The van der Waals surface area contributed by atoms with E-state index in [1.54, 1.807) is 57.5 Å². The van der Waals surface area contributed by atoms with Crippen LogP contribution < -0.4 is 10.6 Å². The molecule has 6 amide bonds. The SMILES string of the molecule is CN(CCC=O)C(=O)OC(C)(C)C.CN(CCCN1CCN(C(=O)c2ccccc2)CC1)C(=O)OC(C)(C)C.CN(CCCO)C(=O)OC(C)(C)C.CNCCCN1CCN(C(=O)c2ccccc2)CC1.O=C(c1ccccc1)N1CCNCC1.Oc1c(Cc2ccco2)nc2c(Cc3ccccc3)nc(-c3ccccc3)cn12. The number of carbonyl (C=O) groups is 7. The topological polar surface area (TPSA) is 281 Å². The molecule has 618 valence electrons. The molecule has 3 aliphatic rings. The predicted octanol–water partition coefficient (Wildman–Crippen LogP) is 12.0. The van der Waals surface area contributed by atoms with Crippen LogP contribution in [0.2, 0.25) is 0 Å². The van der Waals surface area contributed by atoms with Gasteiger partial charge in [-0.05, 0) is 162 Å². The summed E-state index contributed by atoms with van der Waals surface area (Å²) in [7, 11) is 7.02. The van der Waals surface area contributed by atoms with E-state index in [4.69, 9.17) is 33.7 Å². The van der Waals surface area contributed by atoms with Gasteiger partial charge in [-0.1, -0.05) is 115 Å². The summed E-state index contributed by atoms with van der Waals surface area (Å²) < 4.78 is 22.7. The number of aldehydes is 1. The van der Waals surface area contributed by atoms with Crippen LogP contribution in [0.25, 0.3) is 16.9 Å². The van der Waals surface area contributed by atoms with Gasteiger partial charge in [0.25, 0.3) is 17.7 Å². The first-order valence-electron chi connectivity index (χ1n) is 39.4. The van der Waals surface area contributed by atoms with Crippen LogP contribution in [0.1, 0.15) is 142 Å². The smallest absolute Gasteiger partial charge is 0.410 e. The third-order valence-electron chi connectivity index (χ3n) is 17.9. The minimum atomic E-state index is -0.480. The Labute approximate surface area is 674 Å². The van der Waals surface area contributed by atoms with Gasteiger partial charge in [0.05, 0.1) is 24.1 Å². The molecule has 4 N–H and O–H groups in total. The number of nitrogens with one attached hydrogen (secondary N) is 2. The zero-order valence-electron chi connectivity index (χ0n) is 69.3. The van der Waals surface area contributed by atoms with Crippen LogP contribution in [-0.2, 0) is 31.8 Å². The van der Waals surface area contributed by atoms with Crippen LogP contribution in [0.3, 0.4) is 0 Å². The van der Waals surface area contributed by atoms with Crippen LogP contribution in [0, 0.1) is 0 Å². The number of aromatic hydroxyl groups is 1. The molecule has 11 rings (SSSR count). The Morgan fingerprint density at radius 2 is 0.921 bits per heavy atom. The molecule has 6 heterocycles. The molecule has 5 aromatic carbocycles. The van der Waals surface area contributed by atoms with Crippen LogP contribution >= 0.6 is 0 Å². The van der Waals surface area contributed by atoms with E-state index in [0.717, 1.165) is 156 Å². The highest BCUT2D eigenvalue weighted by Gasteiger charge is 2.27. The highest BCUT2D eigenvalue weighted by atomic mass is 16.6. The first kappa shape index (κ1) is 92.4. The molecular weight excluding hydrogens is 1450 g/mol. The van der Waals surface area contributed by atoms with Crippen molar-refractivity contribution in [3.05, 3.63) is 216 Å². The van der Waals surface area contributed by atoms with Crippen molar-refractivity contribution in [3.63, 3.8) is 0 Å². The third-order valence-corrected chi connectivity index (χ3v) is 17.9. The normalized spacial score (nSPS) is 13.7. The number of aliphatic hydroxyl groups is 1. The molecule has 26 nitrogen and oxygen atoms in total. The third kappa shape index (κ3) is 33.7. The lowest BCUT2D eigenvalue weighted by molar-refractivity contribution is -0.108. The van der Waals surface area contributed by atoms with Crippen molar-refractivity contribution in [1.82, 2.24) is 64.2 Å². The number of hydrogen-bond donors (Lipinski definition) is 4. The van der Waals surface area contributed by atoms with E-state index < -0.39 is 22.9 Å². The molecule has 0 unspecified atom stereocenters. The van der Waals surface area contributed by atoms with Crippen molar-refractivity contribution < 1.29 is 62.4 Å². The summed E-state index contributed by atoms with van der Waals surface area (Å²) in [5, 5.41) is 25.8. The lowest BCUT2D eigenvalue weighted by Crippen LogP contribution is -2.49. The Hall–Kier alpha value is -10.5. The molecule has 3 aliphatic heterocycles. The van der Waals surface area contributed by atoms with Crippen LogP contribution in [0.4, 0.5) is 14.4 Å². The van der Waals surface area contributed by atoms with Crippen molar-refractivity contribution in [2.24, 2.45) is 0 Å². The van der Waals surface area contributed by atoms with Crippen LogP contribution in [0.5, 0.6) is 5.88 Å². The van der Waals surface area contributed by atoms with E-state index in [1.165, 1.54) is 16.2 Å². The van der Waals surface area contributed by atoms with Gasteiger partial charge in [0, 0.05) is 167 Å². The van der Waals surface area contributed by atoms with Gasteiger partial charge in [0.1, 0.15) is 34.5 Å². The van der Waals surface area contributed by atoms with Gasteiger partial charge in [-0.15, -0.1) is 0 Å².